The fourth-order valence-electron chi connectivity index (χ4n) is 3.34. The van der Waals surface area contributed by atoms with E-state index in [0.29, 0.717) is 11.5 Å². The third kappa shape index (κ3) is 6.19. The predicted molar refractivity (Wildman–Crippen MR) is 108 cm³/mol. The number of carbonyl (C=O) groups is 1. The molecule has 1 heterocycles. The maximum Gasteiger partial charge on any atom is 0.230 e. The first kappa shape index (κ1) is 19.6. The molecule has 1 aliphatic rings. The Kier molecular flexibility index (Phi) is 7.01. The van der Waals surface area contributed by atoms with Gasteiger partial charge in [0.05, 0.1) is 12.9 Å². The smallest absolute Gasteiger partial charge is 0.230 e. The van der Waals surface area contributed by atoms with E-state index >= 15 is 0 Å². The third-order valence-electron chi connectivity index (χ3n) is 4.60. The van der Waals surface area contributed by atoms with Crippen molar-refractivity contribution in [1.82, 2.24) is 10.2 Å². The van der Waals surface area contributed by atoms with Gasteiger partial charge in [-0.25, -0.2) is 0 Å². The van der Waals surface area contributed by atoms with Gasteiger partial charge in [0.15, 0.2) is 0 Å². The summed E-state index contributed by atoms with van der Waals surface area (Å²) >= 11 is 1.52. The van der Waals surface area contributed by atoms with Crippen molar-refractivity contribution < 1.29 is 14.6 Å². The number of piperidine rings is 1. The predicted octanol–water partition coefficient (Wildman–Crippen LogP) is 3.27. The van der Waals surface area contributed by atoms with Crippen molar-refractivity contribution in [3.63, 3.8) is 0 Å². The summed E-state index contributed by atoms with van der Waals surface area (Å²) in [4.78, 5) is 15.7. The number of benzene rings is 2. The van der Waals surface area contributed by atoms with Gasteiger partial charge in [0.25, 0.3) is 0 Å². The summed E-state index contributed by atoms with van der Waals surface area (Å²) in [6, 6.07) is 15.3. The molecule has 1 amide bonds. The van der Waals surface area contributed by atoms with Gasteiger partial charge in [-0.3, -0.25) is 9.69 Å². The summed E-state index contributed by atoms with van der Waals surface area (Å²) in [6.07, 6.45) is 2.07. The summed E-state index contributed by atoms with van der Waals surface area (Å²) in [5.41, 5.74) is 1.09. The van der Waals surface area contributed by atoms with Crippen LogP contribution in [0.3, 0.4) is 0 Å². The van der Waals surface area contributed by atoms with Crippen LogP contribution in [0.25, 0.3) is 0 Å². The minimum absolute atomic E-state index is 0.0621. The lowest BCUT2D eigenvalue weighted by Gasteiger charge is -2.33. The maximum atomic E-state index is 12.3. The molecule has 1 aliphatic heterocycles. The SMILES string of the molecule is COc1cccc(SCC(=O)NC2CCCN(Cc3cccc(O)c3)C2)c1. The Balaban J connectivity index is 1.46. The van der Waals surface area contributed by atoms with Crippen molar-refractivity contribution in [1.29, 1.82) is 0 Å². The van der Waals surface area contributed by atoms with E-state index in [2.05, 4.69) is 10.2 Å². The second-order valence-electron chi connectivity index (χ2n) is 6.78. The van der Waals surface area contributed by atoms with Crippen molar-refractivity contribution in [2.24, 2.45) is 0 Å². The van der Waals surface area contributed by atoms with Crippen molar-refractivity contribution in [3.8, 4) is 11.5 Å². The molecule has 1 saturated heterocycles. The summed E-state index contributed by atoms with van der Waals surface area (Å²) in [5, 5.41) is 12.8. The first-order chi connectivity index (χ1) is 13.1. The molecule has 1 fully saturated rings. The van der Waals surface area contributed by atoms with Crippen molar-refractivity contribution in [3.05, 3.63) is 54.1 Å². The molecule has 2 aromatic rings. The first-order valence-corrected chi connectivity index (χ1v) is 10.2. The minimum atomic E-state index is 0.0621. The van der Waals surface area contributed by atoms with Crippen LogP contribution >= 0.6 is 11.8 Å². The van der Waals surface area contributed by atoms with Crippen LogP contribution in [0.15, 0.2) is 53.4 Å². The van der Waals surface area contributed by atoms with Gasteiger partial charge in [0.2, 0.25) is 5.91 Å². The van der Waals surface area contributed by atoms with Crippen LogP contribution in [0.1, 0.15) is 18.4 Å². The second-order valence-corrected chi connectivity index (χ2v) is 7.83. The number of hydrogen-bond donors (Lipinski definition) is 2. The molecular weight excluding hydrogens is 360 g/mol. The second kappa shape index (κ2) is 9.67. The Bertz CT molecular complexity index is 769. The molecule has 1 atom stereocenters. The zero-order chi connectivity index (χ0) is 19.1. The number of amides is 1. The molecule has 0 spiro atoms. The minimum Gasteiger partial charge on any atom is -0.508 e. The Morgan fingerprint density at radius 2 is 2.15 bits per heavy atom. The van der Waals surface area contributed by atoms with Crippen LogP contribution in [0, 0.1) is 0 Å². The van der Waals surface area contributed by atoms with E-state index in [1.54, 1.807) is 19.2 Å². The highest BCUT2D eigenvalue weighted by molar-refractivity contribution is 8.00. The number of nitrogens with one attached hydrogen (secondary N) is 1. The van der Waals surface area contributed by atoms with Crippen molar-refractivity contribution in [2.75, 3.05) is 26.0 Å². The molecule has 2 aromatic carbocycles. The number of carbonyl (C=O) groups excluding carboxylic acids is 1. The molecule has 0 bridgehead atoms. The zero-order valence-electron chi connectivity index (χ0n) is 15.6. The fraction of sp³-hybridized carbons (Fsp3) is 0.381. The molecule has 3 rings (SSSR count). The summed E-state index contributed by atoms with van der Waals surface area (Å²) < 4.78 is 5.22. The molecular formula is C21H26N2O3S. The van der Waals surface area contributed by atoms with E-state index in [0.717, 1.165) is 48.7 Å². The largest absolute Gasteiger partial charge is 0.508 e. The summed E-state index contributed by atoms with van der Waals surface area (Å²) in [7, 11) is 1.64. The summed E-state index contributed by atoms with van der Waals surface area (Å²) in [6.45, 7) is 2.64. The van der Waals surface area contributed by atoms with E-state index in [-0.39, 0.29) is 11.9 Å². The quantitative estimate of drug-likeness (QED) is 0.715. The van der Waals surface area contributed by atoms with Crippen molar-refractivity contribution >= 4 is 17.7 Å². The lowest BCUT2D eigenvalue weighted by molar-refractivity contribution is -0.119. The van der Waals surface area contributed by atoms with E-state index in [1.807, 2.05) is 36.4 Å². The monoisotopic (exact) mass is 386 g/mol. The van der Waals surface area contributed by atoms with Crippen LogP contribution < -0.4 is 10.1 Å². The molecule has 144 valence electrons. The molecule has 27 heavy (non-hydrogen) atoms. The molecule has 1 unspecified atom stereocenters. The Hall–Kier alpha value is -2.18. The van der Waals surface area contributed by atoms with E-state index in [1.165, 1.54) is 11.8 Å². The van der Waals surface area contributed by atoms with Crippen LogP contribution in [0.5, 0.6) is 11.5 Å². The van der Waals surface area contributed by atoms with Crippen LogP contribution in [-0.2, 0) is 11.3 Å². The third-order valence-corrected chi connectivity index (χ3v) is 5.59. The molecule has 0 saturated carbocycles. The summed E-state index contributed by atoms with van der Waals surface area (Å²) in [5.74, 6) is 1.56. The molecule has 5 nitrogen and oxygen atoms in total. The van der Waals surface area contributed by atoms with Gasteiger partial charge >= 0.3 is 0 Å². The Labute approximate surface area is 164 Å². The number of hydrogen-bond acceptors (Lipinski definition) is 5. The van der Waals surface area contributed by atoms with Crippen molar-refractivity contribution in [2.45, 2.75) is 30.3 Å². The number of aromatic hydroxyl groups is 1. The number of phenolic OH excluding ortho intramolecular Hbond substituents is 1. The van der Waals surface area contributed by atoms with Gasteiger partial charge in [-0.1, -0.05) is 18.2 Å². The highest BCUT2D eigenvalue weighted by Gasteiger charge is 2.21. The lowest BCUT2D eigenvalue weighted by Crippen LogP contribution is -2.47. The normalized spacial score (nSPS) is 17.4. The highest BCUT2D eigenvalue weighted by atomic mass is 32.2. The highest BCUT2D eigenvalue weighted by Crippen LogP contribution is 2.23. The number of ether oxygens (including phenoxy) is 1. The average Bonchev–Trinajstić information content (AvgIpc) is 2.67. The van der Waals surface area contributed by atoms with Crippen LogP contribution in [-0.4, -0.2) is 47.9 Å². The molecule has 2 N–H and O–H groups in total. The Morgan fingerprint density at radius 3 is 2.96 bits per heavy atom. The van der Waals surface area contributed by atoms with E-state index < -0.39 is 0 Å². The molecule has 0 radical (unpaired) electrons. The lowest BCUT2D eigenvalue weighted by atomic mass is 10.0. The fourth-order valence-corrected chi connectivity index (χ4v) is 4.09. The molecule has 0 aliphatic carbocycles. The van der Waals surface area contributed by atoms with Crippen LogP contribution in [0.2, 0.25) is 0 Å². The van der Waals surface area contributed by atoms with Crippen LogP contribution in [0.4, 0.5) is 0 Å². The van der Waals surface area contributed by atoms with E-state index in [9.17, 15) is 9.90 Å². The topological polar surface area (TPSA) is 61.8 Å². The standard InChI is InChI=1S/C21H26N2O3S/c1-26-19-8-3-9-20(12-19)27-15-21(25)22-17-6-4-10-23(14-17)13-16-5-2-7-18(24)11-16/h2-3,5,7-9,11-12,17,24H,4,6,10,13-15H2,1H3,(H,22,25). The number of rotatable bonds is 7. The van der Waals surface area contributed by atoms with Gasteiger partial charge in [0, 0.05) is 24.0 Å². The number of phenols is 1. The van der Waals surface area contributed by atoms with Gasteiger partial charge in [-0.2, -0.15) is 0 Å². The van der Waals surface area contributed by atoms with Gasteiger partial charge in [-0.05, 0) is 55.3 Å². The maximum absolute atomic E-state index is 12.3. The first-order valence-electron chi connectivity index (χ1n) is 9.19. The number of likely N-dealkylation sites (tertiary alicyclic amines) is 1. The number of thioether (sulfide) groups is 1. The van der Waals surface area contributed by atoms with Gasteiger partial charge < -0.3 is 15.2 Å². The Morgan fingerprint density at radius 1 is 1.30 bits per heavy atom. The van der Waals surface area contributed by atoms with Gasteiger partial charge in [0.1, 0.15) is 11.5 Å². The molecule has 0 aromatic heterocycles. The van der Waals surface area contributed by atoms with Gasteiger partial charge in [-0.15, -0.1) is 11.8 Å². The van der Waals surface area contributed by atoms with E-state index in [4.69, 9.17) is 4.74 Å². The zero-order valence-corrected chi connectivity index (χ0v) is 16.4. The number of methoxy groups -OCH3 is 1. The molecule has 6 heteroatoms. The average molecular weight is 387 g/mol. The number of nitrogens with zero attached hydrogens (tertiary/aromatic N) is 1.